The maximum absolute atomic E-state index is 13.6. The fourth-order valence-corrected chi connectivity index (χ4v) is 5.46. The Morgan fingerprint density at radius 2 is 1.72 bits per heavy atom. The summed E-state index contributed by atoms with van der Waals surface area (Å²) in [6.07, 6.45) is 3.02. The molecule has 2 heterocycles. The van der Waals surface area contributed by atoms with E-state index in [-0.39, 0.29) is 48.8 Å². The fourth-order valence-electron chi connectivity index (χ4n) is 5.46. The van der Waals surface area contributed by atoms with Gasteiger partial charge in [0.1, 0.15) is 12.6 Å². The summed E-state index contributed by atoms with van der Waals surface area (Å²) in [4.78, 5) is 44.6. The van der Waals surface area contributed by atoms with E-state index in [1.54, 1.807) is 6.07 Å². The predicted molar refractivity (Wildman–Crippen MR) is 170 cm³/mol. The van der Waals surface area contributed by atoms with Crippen molar-refractivity contribution in [1.82, 2.24) is 15.2 Å². The first kappa shape index (κ1) is 31.7. The zero-order valence-corrected chi connectivity index (χ0v) is 24.9. The van der Waals surface area contributed by atoms with E-state index in [2.05, 4.69) is 15.6 Å². The maximum Gasteiger partial charge on any atom is 0.253 e. The highest BCUT2D eigenvalue weighted by molar-refractivity contribution is 5.99. The minimum Gasteiger partial charge on any atom is -0.368 e. The van der Waals surface area contributed by atoms with Crippen molar-refractivity contribution in [3.63, 3.8) is 0 Å². The van der Waals surface area contributed by atoms with Crippen molar-refractivity contribution in [2.45, 2.75) is 44.4 Å². The number of hydrogen-bond acceptors (Lipinski definition) is 5. The van der Waals surface area contributed by atoms with E-state index in [4.69, 9.17) is 10.5 Å². The molecular formula is C33H38ClN5O4. The van der Waals surface area contributed by atoms with Gasteiger partial charge in [0.2, 0.25) is 11.8 Å². The fraction of sp³-hybridized carbons (Fsp3) is 0.303. The SMILES string of the molecule is C[C@@H](c1c[nH]c2ccccc12)[C@@H](NC(=O)COC1CCN(C(=O)c2ccccc2)CC1)C(=O)Nc1cccc(CN)c1.Cl. The molecule has 1 fully saturated rings. The number of H-pyrrole nitrogens is 1. The number of anilines is 1. The molecule has 1 aliphatic heterocycles. The lowest BCUT2D eigenvalue weighted by Crippen LogP contribution is -2.48. The van der Waals surface area contributed by atoms with Crippen molar-refractivity contribution < 1.29 is 19.1 Å². The van der Waals surface area contributed by atoms with Gasteiger partial charge in [0, 0.05) is 53.9 Å². The Kier molecular flexibility index (Phi) is 10.9. The Morgan fingerprint density at radius 1 is 1.00 bits per heavy atom. The monoisotopic (exact) mass is 603 g/mol. The van der Waals surface area contributed by atoms with Crippen LogP contribution in [-0.4, -0.2) is 59.4 Å². The number of ether oxygens (including phenoxy) is 1. The molecule has 0 radical (unpaired) electrons. The van der Waals surface area contributed by atoms with E-state index in [1.807, 2.05) is 90.8 Å². The smallest absolute Gasteiger partial charge is 0.253 e. The van der Waals surface area contributed by atoms with Crippen LogP contribution in [0.5, 0.6) is 0 Å². The minimum absolute atomic E-state index is 0. The van der Waals surface area contributed by atoms with E-state index in [0.29, 0.717) is 43.7 Å². The number of piperidine rings is 1. The molecule has 5 rings (SSSR count). The number of amides is 3. The van der Waals surface area contributed by atoms with Crippen molar-refractivity contribution >= 4 is 46.7 Å². The van der Waals surface area contributed by atoms with Crippen LogP contribution in [0.4, 0.5) is 5.69 Å². The van der Waals surface area contributed by atoms with Gasteiger partial charge in [-0.3, -0.25) is 14.4 Å². The molecule has 5 N–H and O–H groups in total. The number of aromatic nitrogens is 1. The normalized spacial score (nSPS) is 14.9. The number of benzene rings is 3. The number of nitrogens with zero attached hydrogens (tertiary/aromatic N) is 1. The van der Waals surface area contributed by atoms with E-state index in [0.717, 1.165) is 22.0 Å². The van der Waals surface area contributed by atoms with Crippen molar-refractivity contribution in [3.8, 4) is 0 Å². The van der Waals surface area contributed by atoms with Crippen LogP contribution in [0.25, 0.3) is 10.9 Å². The summed E-state index contributed by atoms with van der Waals surface area (Å²) < 4.78 is 5.95. The van der Waals surface area contributed by atoms with Crippen LogP contribution < -0.4 is 16.4 Å². The van der Waals surface area contributed by atoms with Gasteiger partial charge in [0.25, 0.3) is 5.91 Å². The Bertz CT molecular complexity index is 1530. The van der Waals surface area contributed by atoms with Crippen LogP contribution in [0.15, 0.2) is 85.1 Å². The summed E-state index contributed by atoms with van der Waals surface area (Å²) in [6.45, 7) is 3.22. The Hall–Kier alpha value is -4.18. The number of nitrogens with one attached hydrogen (secondary N) is 3. The standard InChI is InChI=1S/C33H37N5O4.ClH/c1-22(28-20-35-29-13-6-5-12-27(28)29)31(32(40)36-25-11-7-8-23(18-25)19-34)37-30(39)21-42-26-14-16-38(17-15-26)33(41)24-9-3-2-4-10-24;/h2-13,18,20,22,26,31,35H,14-17,19,21,34H2,1H3,(H,36,40)(H,37,39);1H/t22-,31+;/m0./s1. The molecule has 0 aliphatic carbocycles. The molecule has 4 aromatic rings. The molecule has 0 spiro atoms. The minimum atomic E-state index is -0.854. The third-order valence-electron chi connectivity index (χ3n) is 7.84. The molecule has 0 saturated carbocycles. The van der Waals surface area contributed by atoms with Gasteiger partial charge in [-0.25, -0.2) is 0 Å². The van der Waals surface area contributed by atoms with E-state index >= 15 is 0 Å². The largest absolute Gasteiger partial charge is 0.368 e. The lowest BCUT2D eigenvalue weighted by Gasteiger charge is -2.32. The Morgan fingerprint density at radius 3 is 2.47 bits per heavy atom. The quantitative estimate of drug-likeness (QED) is 0.211. The number of para-hydroxylation sites is 1. The topological polar surface area (TPSA) is 130 Å². The lowest BCUT2D eigenvalue weighted by atomic mass is 9.92. The zero-order valence-electron chi connectivity index (χ0n) is 24.1. The summed E-state index contributed by atoms with van der Waals surface area (Å²) in [7, 11) is 0. The van der Waals surface area contributed by atoms with E-state index < -0.39 is 6.04 Å². The molecule has 1 aromatic heterocycles. The maximum atomic E-state index is 13.6. The molecule has 1 aliphatic rings. The Labute approximate surface area is 257 Å². The molecule has 9 nitrogen and oxygen atoms in total. The number of fused-ring (bicyclic) bond motifs is 1. The number of halogens is 1. The number of carbonyl (C=O) groups excluding carboxylic acids is 3. The van der Waals surface area contributed by atoms with E-state index in [1.165, 1.54) is 0 Å². The van der Waals surface area contributed by atoms with Gasteiger partial charge < -0.3 is 31.0 Å². The second-order valence-electron chi connectivity index (χ2n) is 10.7. The average Bonchev–Trinajstić information content (AvgIpc) is 3.47. The van der Waals surface area contributed by atoms with Crippen LogP contribution in [0.2, 0.25) is 0 Å². The lowest BCUT2D eigenvalue weighted by molar-refractivity contribution is -0.132. The molecule has 10 heteroatoms. The third kappa shape index (κ3) is 7.81. The van der Waals surface area contributed by atoms with Gasteiger partial charge in [-0.05, 0) is 54.3 Å². The van der Waals surface area contributed by atoms with Crippen molar-refractivity contribution in [2.24, 2.45) is 5.73 Å². The molecule has 2 atom stereocenters. The molecule has 0 unspecified atom stereocenters. The highest BCUT2D eigenvalue weighted by Gasteiger charge is 2.31. The highest BCUT2D eigenvalue weighted by atomic mass is 35.5. The number of hydrogen-bond donors (Lipinski definition) is 4. The zero-order chi connectivity index (χ0) is 29.5. The van der Waals surface area contributed by atoms with Crippen LogP contribution in [0, 0.1) is 0 Å². The second-order valence-corrected chi connectivity index (χ2v) is 10.7. The van der Waals surface area contributed by atoms with E-state index in [9.17, 15) is 14.4 Å². The van der Waals surface area contributed by atoms with Gasteiger partial charge >= 0.3 is 0 Å². The molecule has 0 bridgehead atoms. The summed E-state index contributed by atoms with van der Waals surface area (Å²) >= 11 is 0. The highest BCUT2D eigenvalue weighted by Crippen LogP contribution is 2.28. The summed E-state index contributed by atoms with van der Waals surface area (Å²) in [6, 6.07) is 23.6. The summed E-state index contributed by atoms with van der Waals surface area (Å²) in [5, 5.41) is 6.87. The molecule has 3 amide bonds. The van der Waals surface area contributed by atoms with Gasteiger partial charge in [0.05, 0.1) is 6.10 Å². The number of likely N-dealkylation sites (tertiary alicyclic amines) is 1. The molecule has 226 valence electrons. The third-order valence-corrected chi connectivity index (χ3v) is 7.84. The summed E-state index contributed by atoms with van der Waals surface area (Å²) in [5.74, 6) is -1.04. The first-order valence-corrected chi connectivity index (χ1v) is 14.3. The van der Waals surface area contributed by atoms with Crippen LogP contribution in [-0.2, 0) is 20.9 Å². The molecule has 43 heavy (non-hydrogen) atoms. The van der Waals surface area contributed by atoms with Crippen molar-refractivity contribution in [1.29, 1.82) is 0 Å². The first-order chi connectivity index (χ1) is 20.4. The van der Waals surface area contributed by atoms with Crippen LogP contribution in [0.3, 0.4) is 0 Å². The average molecular weight is 604 g/mol. The first-order valence-electron chi connectivity index (χ1n) is 14.3. The molecule has 1 saturated heterocycles. The number of aromatic amines is 1. The van der Waals surface area contributed by atoms with Gasteiger partial charge in [-0.2, -0.15) is 0 Å². The van der Waals surface area contributed by atoms with Gasteiger partial charge in [-0.1, -0.05) is 55.5 Å². The number of rotatable bonds is 10. The van der Waals surface area contributed by atoms with Crippen molar-refractivity contribution in [2.75, 3.05) is 25.0 Å². The second kappa shape index (κ2) is 14.8. The number of nitrogens with two attached hydrogens (primary N) is 1. The van der Waals surface area contributed by atoms with Crippen LogP contribution >= 0.6 is 12.4 Å². The van der Waals surface area contributed by atoms with Crippen molar-refractivity contribution in [3.05, 3.63) is 102 Å². The molecule has 3 aromatic carbocycles. The summed E-state index contributed by atoms with van der Waals surface area (Å²) in [5.41, 5.74) is 9.84. The Balaban J connectivity index is 0.00000423. The van der Waals surface area contributed by atoms with Gasteiger partial charge in [0.15, 0.2) is 0 Å². The number of carbonyl (C=O) groups is 3. The molecular weight excluding hydrogens is 566 g/mol. The van der Waals surface area contributed by atoms with Gasteiger partial charge in [-0.15, -0.1) is 12.4 Å². The predicted octanol–water partition coefficient (Wildman–Crippen LogP) is 4.60. The van der Waals surface area contributed by atoms with Crippen LogP contribution in [0.1, 0.15) is 47.2 Å².